The van der Waals surface area contributed by atoms with E-state index < -0.39 is 30.0 Å². The second-order valence-corrected chi connectivity index (χ2v) is 5.18. The summed E-state index contributed by atoms with van der Waals surface area (Å²) in [5.74, 6) is -3.25. The van der Waals surface area contributed by atoms with E-state index in [1.165, 1.54) is 0 Å². The Kier molecular flexibility index (Phi) is 3.06. The van der Waals surface area contributed by atoms with E-state index in [-0.39, 0.29) is 5.91 Å². The Balaban J connectivity index is 1.80. The standard InChI is InChI=1S/C15H15NO4/c1-8-3-2-4-9(7-8)16-14(17)12-10-5-6-11(20-10)13(12)15(18)19/h2-7,10-13H,1H3,(H,16,17)(H,18,19)/p-1/t10-,11+,12-,13+/m1/s1. The van der Waals surface area contributed by atoms with Gasteiger partial charge in [0.1, 0.15) is 0 Å². The average Bonchev–Trinajstić information content (AvgIpc) is 2.98. The van der Waals surface area contributed by atoms with Crippen LogP contribution < -0.4 is 10.4 Å². The lowest BCUT2D eigenvalue weighted by Gasteiger charge is -2.25. The summed E-state index contributed by atoms with van der Waals surface area (Å²) in [7, 11) is 0. The zero-order valence-corrected chi connectivity index (χ0v) is 10.9. The maximum absolute atomic E-state index is 12.3. The number of aliphatic carboxylic acids is 1. The number of rotatable bonds is 3. The van der Waals surface area contributed by atoms with Crippen LogP contribution in [0.25, 0.3) is 0 Å². The molecule has 20 heavy (non-hydrogen) atoms. The molecule has 2 aliphatic heterocycles. The molecule has 1 N–H and O–H groups in total. The number of ether oxygens (including phenoxy) is 1. The van der Waals surface area contributed by atoms with Crippen molar-refractivity contribution in [3.63, 3.8) is 0 Å². The number of carbonyl (C=O) groups is 2. The lowest BCUT2D eigenvalue weighted by Crippen LogP contribution is -2.45. The topological polar surface area (TPSA) is 78.5 Å². The maximum Gasteiger partial charge on any atom is 0.231 e. The molecule has 0 radical (unpaired) electrons. The number of aryl methyl sites for hydroxylation is 1. The van der Waals surface area contributed by atoms with Crippen molar-refractivity contribution in [2.75, 3.05) is 5.32 Å². The largest absolute Gasteiger partial charge is 0.550 e. The van der Waals surface area contributed by atoms with Crippen LogP contribution in [-0.2, 0) is 14.3 Å². The molecule has 0 aliphatic carbocycles. The summed E-state index contributed by atoms with van der Waals surface area (Å²) < 4.78 is 5.45. The number of hydrogen-bond acceptors (Lipinski definition) is 4. The predicted molar refractivity (Wildman–Crippen MR) is 69.6 cm³/mol. The van der Waals surface area contributed by atoms with Crippen LogP contribution in [0.1, 0.15) is 5.56 Å². The van der Waals surface area contributed by atoms with Crippen molar-refractivity contribution < 1.29 is 19.4 Å². The zero-order valence-electron chi connectivity index (χ0n) is 10.9. The zero-order chi connectivity index (χ0) is 14.3. The normalized spacial score (nSPS) is 30.4. The lowest BCUT2D eigenvalue weighted by molar-refractivity contribution is -0.313. The second kappa shape index (κ2) is 4.76. The monoisotopic (exact) mass is 272 g/mol. The molecule has 0 spiro atoms. The summed E-state index contributed by atoms with van der Waals surface area (Å²) in [6.45, 7) is 1.92. The fourth-order valence-electron chi connectivity index (χ4n) is 2.85. The molecular formula is C15H14NO4-. The van der Waals surface area contributed by atoms with Gasteiger partial charge in [-0.2, -0.15) is 0 Å². The van der Waals surface area contributed by atoms with Crippen LogP contribution in [0.3, 0.4) is 0 Å². The van der Waals surface area contributed by atoms with Crippen molar-refractivity contribution in [3.05, 3.63) is 42.0 Å². The summed E-state index contributed by atoms with van der Waals surface area (Å²) in [4.78, 5) is 23.5. The molecule has 1 aromatic rings. The smallest absolute Gasteiger partial charge is 0.231 e. The molecule has 1 aromatic carbocycles. The molecule has 0 saturated carbocycles. The minimum Gasteiger partial charge on any atom is -0.550 e. The highest BCUT2D eigenvalue weighted by Gasteiger charge is 2.50. The van der Waals surface area contributed by atoms with Gasteiger partial charge in [0, 0.05) is 17.6 Å². The van der Waals surface area contributed by atoms with Crippen molar-refractivity contribution in [2.45, 2.75) is 19.1 Å². The van der Waals surface area contributed by atoms with E-state index in [0.29, 0.717) is 5.69 Å². The Morgan fingerprint density at radius 2 is 1.90 bits per heavy atom. The van der Waals surface area contributed by atoms with Gasteiger partial charge in [-0.3, -0.25) is 4.79 Å². The first-order chi connectivity index (χ1) is 9.56. The number of benzene rings is 1. The third kappa shape index (κ3) is 2.10. The van der Waals surface area contributed by atoms with Gasteiger partial charge in [-0.05, 0) is 24.6 Å². The summed E-state index contributed by atoms with van der Waals surface area (Å²) in [6.07, 6.45) is 2.39. The van der Waals surface area contributed by atoms with Gasteiger partial charge in [-0.1, -0.05) is 24.3 Å². The van der Waals surface area contributed by atoms with E-state index in [2.05, 4.69) is 5.32 Å². The Morgan fingerprint density at radius 1 is 1.20 bits per heavy atom. The fraction of sp³-hybridized carbons (Fsp3) is 0.333. The molecule has 2 heterocycles. The molecule has 4 atom stereocenters. The Hall–Kier alpha value is -2.14. The summed E-state index contributed by atoms with van der Waals surface area (Å²) in [6, 6.07) is 7.35. The van der Waals surface area contributed by atoms with Crippen LogP contribution in [0, 0.1) is 18.8 Å². The van der Waals surface area contributed by atoms with Gasteiger partial charge >= 0.3 is 0 Å². The number of fused-ring (bicyclic) bond motifs is 2. The van der Waals surface area contributed by atoms with Crippen LogP contribution in [0.5, 0.6) is 0 Å². The third-order valence-electron chi connectivity index (χ3n) is 3.76. The SMILES string of the molecule is Cc1cccc(NC(=O)[C@H]2[C@@H](C(=O)[O-])[C@@H]3C=C[C@H]2O3)c1. The first-order valence-corrected chi connectivity index (χ1v) is 6.48. The number of nitrogens with one attached hydrogen (secondary N) is 1. The molecule has 1 fully saturated rings. The molecule has 104 valence electrons. The van der Waals surface area contributed by atoms with Crippen molar-refractivity contribution in [3.8, 4) is 0 Å². The van der Waals surface area contributed by atoms with Gasteiger partial charge < -0.3 is 20.0 Å². The van der Waals surface area contributed by atoms with Gasteiger partial charge in [0.15, 0.2) is 0 Å². The van der Waals surface area contributed by atoms with E-state index in [0.717, 1.165) is 5.56 Å². The van der Waals surface area contributed by atoms with Crippen molar-refractivity contribution in [1.29, 1.82) is 0 Å². The predicted octanol–water partition coefficient (Wildman–Crippen LogP) is 0.253. The van der Waals surface area contributed by atoms with E-state index in [4.69, 9.17) is 4.74 Å². The number of anilines is 1. The second-order valence-electron chi connectivity index (χ2n) is 5.18. The number of carboxylic acid groups (broad SMARTS) is 1. The van der Waals surface area contributed by atoms with Crippen LogP contribution in [0.4, 0.5) is 5.69 Å². The van der Waals surface area contributed by atoms with Crippen molar-refractivity contribution in [1.82, 2.24) is 0 Å². The van der Waals surface area contributed by atoms with Gasteiger partial charge in [0.05, 0.1) is 18.1 Å². The number of carboxylic acids is 1. The quantitative estimate of drug-likeness (QED) is 0.800. The number of carbonyl (C=O) groups excluding carboxylic acids is 2. The van der Waals surface area contributed by atoms with Crippen LogP contribution in [0.15, 0.2) is 36.4 Å². The fourth-order valence-corrected chi connectivity index (χ4v) is 2.85. The van der Waals surface area contributed by atoms with E-state index in [1.54, 1.807) is 18.2 Å². The van der Waals surface area contributed by atoms with Crippen molar-refractivity contribution in [2.24, 2.45) is 11.8 Å². The highest BCUT2D eigenvalue weighted by molar-refractivity contribution is 5.96. The van der Waals surface area contributed by atoms with E-state index in [1.807, 2.05) is 25.1 Å². The van der Waals surface area contributed by atoms with Crippen LogP contribution >= 0.6 is 0 Å². The molecule has 1 amide bonds. The minimum absolute atomic E-state index is 0.346. The Labute approximate surface area is 116 Å². The first kappa shape index (κ1) is 12.9. The molecule has 0 aromatic heterocycles. The molecule has 2 bridgehead atoms. The Morgan fingerprint density at radius 3 is 2.55 bits per heavy atom. The lowest BCUT2D eigenvalue weighted by atomic mass is 9.82. The van der Waals surface area contributed by atoms with Gasteiger partial charge in [-0.25, -0.2) is 0 Å². The molecule has 5 heteroatoms. The van der Waals surface area contributed by atoms with Crippen molar-refractivity contribution >= 4 is 17.6 Å². The highest BCUT2D eigenvalue weighted by atomic mass is 16.5. The Bertz CT molecular complexity index is 595. The summed E-state index contributed by atoms with van der Waals surface area (Å²) in [5, 5.41) is 14.0. The van der Waals surface area contributed by atoms with Crippen LogP contribution in [-0.4, -0.2) is 24.1 Å². The number of hydrogen-bond donors (Lipinski definition) is 1. The third-order valence-corrected chi connectivity index (χ3v) is 3.76. The molecule has 1 saturated heterocycles. The van der Waals surface area contributed by atoms with E-state index in [9.17, 15) is 14.7 Å². The molecule has 5 nitrogen and oxygen atoms in total. The van der Waals surface area contributed by atoms with Gasteiger partial charge in [-0.15, -0.1) is 0 Å². The summed E-state index contributed by atoms with van der Waals surface area (Å²) in [5.41, 5.74) is 1.67. The first-order valence-electron chi connectivity index (χ1n) is 6.48. The van der Waals surface area contributed by atoms with Gasteiger partial charge in [0.25, 0.3) is 0 Å². The van der Waals surface area contributed by atoms with Gasteiger partial charge in [0.2, 0.25) is 5.91 Å². The molecule has 3 rings (SSSR count). The minimum atomic E-state index is -1.24. The van der Waals surface area contributed by atoms with E-state index >= 15 is 0 Å². The molecule has 0 unspecified atom stereocenters. The maximum atomic E-state index is 12.3. The average molecular weight is 272 g/mol. The molecular weight excluding hydrogens is 258 g/mol. The number of amides is 1. The van der Waals surface area contributed by atoms with Crippen LogP contribution in [0.2, 0.25) is 0 Å². The highest BCUT2D eigenvalue weighted by Crippen LogP contribution is 2.39. The molecule has 2 aliphatic rings. The summed E-state index contributed by atoms with van der Waals surface area (Å²) >= 11 is 0.